The topological polar surface area (TPSA) is 108 Å². The predicted octanol–water partition coefficient (Wildman–Crippen LogP) is 3.59. The number of anilines is 1. The molecule has 0 saturated heterocycles. The summed E-state index contributed by atoms with van der Waals surface area (Å²) in [4.78, 5) is 12.8. The zero-order chi connectivity index (χ0) is 23.8. The first kappa shape index (κ1) is 21.9. The van der Waals surface area contributed by atoms with Gasteiger partial charge in [-0.1, -0.05) is 19.4 Å². The quantitative estimate of drug-likeness (QED) is 0.419. The maximum absolute atomic E-state index is 12.8. The zero-order valence-electron chi connectivity index (χ0n) is 19.7. The van der Waals surface area contributed by atoms with Gasteiger partial charge in [-0.05, 0) is 50.1 Å². The number of benzene rings is 1. The van der Waals surface area contributed by atoms with Crippen molar-refractivity contribution < 1.29 is 14.3 Å². The number of carbonyl (C=O) groups is 1. The van der Waals surface area contributed by atoms with Crippen LogP contribution in [0.5, 0.6) is 11.5 Å². The molecule has 1 aliphatic heterocycles. The second-order valence-electron chi connectivity index (χ2n) is 8.39. The van der Waals surface area contributed by atoms with Gasteiger partial charge in [-0.2, -0.15) is 14.3 Å². The number of hydrogen-bond acceptors (Lipinski definition) is 7. The molecule has 34 heavy (non-hydrogen) atoms. The van der Waals surface area contributed by atoms with Gasteiger partial charge in [0.25, 0.3) is 0 Å². The van der Waals surface area contributed by atoms with E-state index in [1.165, 1.54) is 0 Å². The second-order valence-corrected chi connectivity index (χ2v) is 8.39. The van der Waals surface area contributed by atoms with Crippen molar-refractivity contribution in [3.63, 3.8) is 0 Å². The van der Waals surface area contributed by atoms with Crippen molar-refractivity contribution in [2.75, 3.05) is 19.0 Å². The number of amides is 1. The van der Waals surface area contributed by atoms with Gasteiger partial charge in [-0.15, -0.1) is 15.3 Å². The van der Waals surface area contributed by atoms with Gasteiger partial charge in [0.05, 0.1) is 19.4 Å². The Bertz CT molecular complexity index is 1370. The lowest BCUT2D eigenvalue weighted by atomic mass is 9.85. The van der Waals surface area contributed by atoms with Gasteiger partial charge in [0.15, 0.2) is 28.8 Å². The van der Waals surface area contributed by atoms with E-state index in [4.69, 9.17) is 14.6 Å². The molecule has 1 amide bonds. The number of hydrogen-bond donors (Lipinski definition) is 1. The monoisotopic (exact) mass is 461 g/mol. The molecule has 4 aromatic rings. The normalized spacial score (nSPS) is 15.3. The van der Waals surface area contributed by atoms with E-state index < -0.39 is 0 Å². The van der Waals surface area contributed by atoms with Gasteiger partial charge in [0.2, 0.25) is 5.91 Å². The summed E-state index contributed by atoms with van der Waals surface area (Å²) in [6, 6.07) is 9.52. The zero-order valence-corrected chi connectivity index (χ0v) is 19.7. The van der Waals surface area contributed by atoms with E-state index in [0.717, 1.165) is 29.7 Å². The summed E-state index contributed by atoms with van der Waals surface area (Å²) in [6.45, 7) is 6.54. The molecule has 0 spiro atoms. The highest BCUT2D eigenvalue weighted by Crippen LogP contribution is 2.42. The minimum absolute atomic E-state index is 0.0811. The molecular formula is C24H27N7O3. The van der Waals surface area contributed by atoms with Crippen molar-refractivity contribution in [2.45, 2.75) is 46.0 Å². The fraction of sp³-hybridized carbons (Fsp3) is 0.375. The number of carbonyl (C=O) groups excluding carboxylic acids is 1. The molecule has 5 rings (SSSR count). The molecule has 176 valence electrons. The number of rotatable bonds is 7. The smallest absolute Gasteiger partial charge is 0.226 e. The molecule has 0 fully saturated rings. The highest BCUT2D eigenvalue weighted by Gasteiger charge is 2.33. The second kappa shape index (κ2) is 8.77. The van der Waals surface area contributed by atoms with Crippen LogP contribution in [0.2, 0.25) is 0 Å². The third-order valence-corrected chi connectivity index (χ3v) is 6.07. The van der Waals surface area contributed by atoms with Crippen LogP contribution in [0.25, 0.3) is 11.5 Å². The van der Waals surface area contributed by atoms with E-state index >= 15 is 0 Å². The van der Waals surface area contributed by atoms with Crippen molar-refractivity contribution >= 4 is 17.4 Å². The summed E-state index contributed by atoms with van der Waals surface area (Å²) in [5.74, 6) is 2.97. The van der Waals surface area contributed by atoms with Crippen LogP contribution in [-0.2, 0) is 4.79 Å². The Hall–Kier alpha value is -3.95. The average Bonchev–Trinajstić information content (AvgIpc) is 3.38. The van der Waals surface area contributed by atoms with Gasteiger partial charge in [-0.25, -0.2) is 0 Å². The highest BCUT2D eigenvalue weighted by molar-refractivity contribution is 5.95. The van der Waals surface area contributed by atoms with Gasteiger partial charge in [0, 0.05) is 17.9 Å². The molecular weight excluding hydrogens is 434 g/mol. The molecule has 1 N–H and O–H groups in total. The standard InChI is InChI=1S/C24H27N7O3/c1-5-6-11-34-18-8-7-16(12-19(18)33-4)17-13-22(32)25-24-23(17)14(2)28-31(24)21-10-9-20-27-26-15(3)30(20)29-21/h7-10,12,17H,5-6,11,13H2,1-4H3,(H,25,32)/t17-/m1/s1. The first-order valence-electron chi connectivity index (χ1n) is 11.4. The van der Waals surface area contributed by atoms with Crippen LogP contribution in [-0.4, -0.2) is 49.2 Å². The van der Waals surface area contributed by atoms with Crippen LogP contribution in [0.4, 0.5) is 5.82 Å². The summed E-state index contributed by atoms with van der Waals surface area (Å²) in [6.07, 6.45) is 2.35. The minimum Gasteiger partial charge on any atom is -0.493 e. The third-order valence-electron chi connectivity index (χ3n) is 6.07. The number of nitrogens with zero attached hydrogens (tertiary/aromatic N) is 6. The Morgan fingerprint density at radius 1 is 1.12 bits per heavy atom. The maximum atomic E-state index is 12.8. The Morgan fingerprint density at radius 3 is 2.76 bits per heavy atom. The maximum Gasteiger partial charge on any atom is 0.226 e. The number of methoxy groups -OCH3 is 1. The summed E-state index contributed by atoms with van der Waals surface area (Å²) < 4.78 is 14.8. The van der Waals surface area contributed by atoms with Crippen molar-refractivity contribution in [2.24, 2.45) is 0 Å². The van der Waals surface area contributed by atoms with E-state index in [1.54, 1.807) is 16.3 Å². The van der Waals surface area contributed by atoms with Crippen LogP contribution >= 0.6 is 0 Å². The summed E-state index contributed by atoms with van der Waals surface area (Å²) in [5.41, 5.74) is 3.40. The van der Waals surface area contributed by atoms with Crippen molar-refractivity contribution in [3.05, 3.63) is 53.0 Å². The fourth-order valence-corrected chi connectivity index (χ4v) is 4.34. The Balaban J connectivity index is 1.56. The molecule has 0 unspecified atom stereocenters. The molecule has 0 radical (unpaired) electrons. The average molecular weight is 462 g/mol. The molecule has 10 heteroatoms. The highest BCUT2D eigenvalue weighted by atomic mass is 16.5. The number of unbranched alkanes of at least 4 members (excludes halogenated alkanes) is 1. The lowest BCUT2D eigenvalue weighted by Crippen LogP contribution is -2.25. The molecule has 1 aromatic carbocycles. The SMILES string of the molecule is CCCCOc1ccc([C@H]2CC(=O)Nc3c2c(C)nn3-c2ccc3nnc(C)n3n2)cc1OC. The van der Waals surface area contributed by atoms with E-state index in [1.807, 2.05) is 44.2 Å². The summed E-state index contributed by atoms with van der Waals surface area (Å²) in [7, 11) is 1.63. The van der Waals surface area contributed by atoms with Crippen molar-refractivity contribution in [1.82, 2.24) is 29.6 Å². The molecule has 3 aromatic heterocycles. The Morgan fingerprint density at radius 2 is 1.97 bits per heavy atom. The van der Waals surface area contributed by atoms with Crippen molar-refractivity contribution in [1.29, 1.82) is 0 Å². The van der Waals surface area contributed by atoms with Crippen LogP contribution < -0.4 is 14.8 Å². The molecule has 0 bridgehead atoms. The van der Waals surface area contributed by atoms with E-state index in [-0.39, 0.29) is 11.8 Å². The fourth-order valence-electron chi connectivity index (χ4n) is 4.34. The van der Waals surface area contributed by atoms with Gasteiger partial charge >= 0.3 is 0 Å². The molecule has 1 aliphatic rings. The van der Waals surface area contributed by atoms with Crippen molar-refractivity contribution in [3.8, 4) is 17.3 Å². The third kappa shape index (κ3) is 3.74. The first-order chi connectivity index (χ1) is 16.5. The lowest BCUT2D eigenvalue weighted by molar-refractivity contribution is -0.116. The van der Waals surface area contributed by atoms with Gasteiger partial charge < -0.3 is 14.8 Å². The van der Waals surface area contributed by atoms with Crippen LogP contribution in [0.15, 0.2) is 30.3 Å². The van der Waals surface area contributed by atoms with Crippen LogP contribution in [0.1, 0.15) is 54.7 Å². The Labute approximate surface area is 196 Å². The number of aryl methyl sites for hydroxylation is 2. The molecule has 10 nitrogen and oxygen atoms in total. The van der Waals surface area contributed by atoms with E-state index in [2.05, 4.69) is 27.5 Å². The lowest BCUT2D eigenvalue weighted by Gasteiger charge is -2.25. The number of fused-ring (bicyclic) bond motifs is 2. The summed E-state index contributed by atoms with van der Waals surface area (Å²) in [5, 5.41) is 20.5. The number of nitrogens with one attached hydrogen (secondary N) is 1. The summed E-state index contributed by atoms with van der Waals surface area (Å²) >= 11 is 0. The van der Waals surface area contributed by atoms with Gasteiger partial charge in [-0.3, -0.25) is 4.79 Å². The Kier molecular flexibility index (Phi) is 5.64. The van der Waals surface area contributed by atoms with Crippen LogP contribution in [0.3, 0.4) is 0 Å². The van der Waals surface area contributed by atoms with Gasteiger partial charge in [0.1, 0.15) is 5.82 Å². The molecule has 0 saturated carbocycles. The van der Waals surface area contributed by atoms with Crippen LogP contribution in [0, 0.1) is 13.8 Å². The molecule has 1 atom stereocenters. The van der Waals surface area contributed by atoms with E-state index in [9.17, 15) is 4.79 Å². The largest absolute Gasteiger partial charge is 0.493 e. The number of ether oxygens (including phenoxy) is 2. The first-order valence-corrected chi connectivity index (χ1v) is 11.4. The predicted molar refractivity (Wildman–Crippen MR) is 126 cm³/mol. The molecule has 4 heterocycles. The minimum atomic E-state index is -0.170. The van der Waals surface area contributed by atoms with E-state index in [0.29, 0.717) is 47.6 Å². The molecule has 0 aliphatic carbocycles. The number of aromatic nitrogens is 6.